The van der Waals surface area contributed by atoms with Crippen LogP contribution in [0.3, 0.4) is 0 Å². The largest absolute Gasteiger partial charge is 0.380 e. The van der Waals surface area contributed by atoms with Crippen LogP contribution in [0.2, 0.25) is 0 Å². The number of nitrogens with one attached hydrogen (secondary N) is 1. The molecule has 0 aliphatic carbocycles. The lowest BCUT2D eigenvalue weighted by Crippen LogP contribution is -2.21. The second-order valence-electron chi connectivity index (χ2n) is 3.81. The Kier molecular flexibility index (Phi) is 5.08. The summed E-state index contributed by atoms with van der Waals surface area (Å²) in [6, 6.07) is 6.28. The van der Waals surface area contributed by atoms with Crippen molar-refractivity contribution in [2.75, 3.05) is 18.5 Å². The smallest absolute Gasteiger partial charge is 0.289 e. The van der Waals surface area contributed by atoms with Crippen molar-refractivity contribution in [2.24, 2.45) is 0 Å². The molecule has 0 saturated carbocycles. The molecular weight excluding hydrogens is 234 g/mol. The number of hydrogen-bond donors (Lipinski definition) is 1. The van der Waals surface area contributed by atoms with E-state index in [0.717, 1.165) is 0 Å². The molecule has 0 fully saturated rings. The van der Waals surface area contributed by atoms with Crippen LogP contribution >= 0.6 is 0 Å². The summed E-state index contributed by atoms with van der Waals surface area (Å²) < 4.78 is 5.24. The fourth-order valence-electron chi connectivity index (χ4n) is 1.49. The third kappa shape index (κ3) is 3.71. The highest BCUT2D eigenvalue weighted by molar-refractivity contribution is 5.59. The molecule has 1 unspecified atom stereocenters. The van der Waals surface area contributed by atoms with E-state index in [9.17, 15) is 10.1 Å². The van der Waals surface area contributed by atoms with E-state index in [1.54, 1.807) is 12.1 Å². The number of nitriles is 1. The fourth-order valence-corrected chi connectivity index (χ4v) is 1.49. The number of nitro groups is 1. The minimum atomic E-state index is -0.559. The molecule has 0 saturated heterocycles. The molecule has 1 N–H and O–H groups in total. The van der Waals surface area contributed by atoms with Gasteiger partial charge in [0.05, 0.1) is 11.5 Å². The molecule has 0 bridgehead atoms. The van der Waals surface area contributed by atoms with Crippen LogP contribution in [-0.2, 0) is 4.74 Å². The first kappa shape index (κ1) is 13.9. The highest BCUT2D eigenvalue weighted by atomic mass is 16.6. The molecule has 1 aromatic rings. The molecule has 6 heteroatoms. The normalized spacial score (nSPS) is 11.6. The monoisotopic (exact) mass is 249 g/mol. The third-order valence-corrected chi connectivity index (χ3v) is 2.30. The predicted molar refractivity (Wildman–Crippen MR) is 67.4 cm³/mol. The zero-order valence-corrected chi connectivity index (χ0v) is 10.3. The molecule has 0 spiro atoms. The highest BCUT2D eigenvalue weighted by Crippen LogP contribution is 2.22. The molecule has 0 amide bonds. The van der Waals surface area contributed by atoms with Gasteiger partial charge in [-0.25, -0.2) is 0 Å². The first-order valence-corrected chi connectivity index (χ1v) is 5.61. The van der Waals surface area contributed by atoms with Gasteiger partial charge in [0.15, 0.2) is 0 Å². The third-order valence-electron chi connectivity index (χ3n) is 2.30. The van der Waals surface area contributed by atoms with Gasteiger partial charge in [0.1, 0.15) is 11.6 Å². The number of benzene rings is 1. The maximum absolute atomic E-state index is 10.8. The van der Waals surface area contributed by atoms with Crippen molar-refractivity contribution in [2.45, 2.75) is 19.9 Å². The van der Waals surface area contributed by atoms with Crippen LogP contribution < -0.4 is 5.32 Å². The van der Waals surface area contributed by atoms with Crippen molar-refractivity contribution in [1.29, 1.82) is 5.26 Å². The number of hydrogen-bond acceptors (Lipinski definition) is 5. The predicted octanol–water partition coefficient (Wildman–Crippen LogP) is 2.30. The van der Waals surface area contributed by atoms with Crippen molar-refractivity contribution in [3.63, 3.8) is 0 Å². The van der Waals surface area contributed by atoms with E-state index >= 15 is 0 Å². The second-order valence-corrected chi connectivity index (χ2v) is 3.81. The molecule has 0 aliphatic heterocycles. The Morgan fingerprint density at radius 2 is 2.33 bits per heavy atom. The summed E-state index contributed by atoms with van der Waals surface area (Å²) in [5.41, 5.74) is 0.474. The lowest BCUT2D eigenvalue weighted by molar-refractivity contribution is -0.385. The van der Waals surface area contributed by atoms with E-state index < -0.39 is 4.92 Å². The summed E-state index contributed by atoms with van der Waals surface area (Å²) in [6.45, 7) is 4.96. The molecular formula is C12H15N3O3. The van der Waals surface area contributed by atoms with Crippen molar-refractivity contribution in [3.05, 3.63) is 33.9 Å². The molecule has 96 valence electrons. The summed E-state index contributed by atoms with van der Waals surface area (Å²) in [5, 5.41) is 22.6. The van der Waals surface area contributed by atoms with Crippen LogP contribution in [0.5, 0.6) is 0 Å². The van der Waals surface area contributed by atoms with Crippen LogP contribution in [-0.4, -0.2) is 24.2 Å². The zero-order valence-electron chi connectivity index (χ0n) is 10.3. The van der Waals surface area contributed by atoms with Gasteiger partial charge in [-0.3, -0.25) is 10.1 Å². The van der Waals surface area contributed by atoms with E-state index in [1.807, 2.05) is 13.8 Å². The average molecular weight is 249 g/mol. The van der Waals surface area contributed by atoms with E-state index in [0.29, 0.717) is 18.9 Å². The number of nitrogens with zero attached hydrogens (tertiary/aromatic N) is 2. The van der Waals surface area contributed by atoms with Crippen molar-refractivity contribution in [1.82, 2.24) is 0 Å². The van der Waals surface area contributed by atoms with Gasteiger partial charge in [0.25, 0.3) is 5.69 Å². The van der Waals surface area contributed by atoms with Gasteiger partial charge in [-0.2, -0.15) is 5.26 Å². The second kappa shape index (κ2) is 6.57. The molecule has 18 heavy (non-hydrogen) atoms. The molecule has 0 radical (unpaired) electrons. The quantitative estimate of drug-likeness (QED) is 0.617. The lowest BCUT2D eigenvalue weighted by Gasteiger charge is -2.14. The summed E-state index contributed by atoms with van der Waals surface area (Å²) in [5.74, 6) is 0. The van der Waals surface area contributed by atoms with Crippen LogP contribution in [0.25, 0.3) is 0 Å². The van der Waals surface area contributed by atoms with Gasteiger partial charge in [-0.1, -0.05) is 0 Å². The zero-order chi connectivity index (χ0) is 13.5. The van der Waals surface area contributed by atoms with Crippen LogP contribution in [0, 0.1) is 21.4 Å². The average Bonchev–Trinajstić information content (AvgIpc) is 2.36. The van der Waals surface area contributed by atoms with Crippen LogP contribution in [0.1, 0.15) is 19.4 Å². The number of nitro benzene ring substituents is 1. The maximum Gasteiger partial charge on any atom is 0.289 e. The van der Waals surface area contributed by atoms with E-state index in [1.165, 1.54) is 12.1 Å². The molecule has 1 atom stereocenters. The fraction of sp³-hybridized carbons (Fsp3) is 0.417. The number of anilines is 1. The molecule has 1 aromatic carbocycles. The Labute approximate surface area is 105 Å². The Balaban J connectivity index is 2.82. The minimum absolute atomic E-state index is 0.0393. The molecule has 0 aromatic heterocycles. The van der Waals surface area contributed by atoms with E-state index in [2.05, 4.69) is 5.32 Å². The molecule has 0 heterocycles. The summed E-state index contributed by atoms with van der Waals surface area (Å²) in [7, 11) is 0. The highest BCUT2D eigenvalue weighted by Gasteiger charge is 2.14. The number of rotatable bonds is 6. The molecule has 0 aliphatic rings. The van der Waals surface area contributed by atoms with Gasteiger partial charge in [-0.15, -0.1) is 0 Å². The van der Waals surface area contributed by atoms with Gasteiger partial charge in [0.2, 0.25) is 0 Å². The van der Waals surface area contributed by atoms with Gasteiger partial charge in [-0.05, 0) is 26.0 Å². The first-order chi connectivity index (χ1) is 8.58. The Morgan fingerprint density at radius 1 is 1.61 bits per heavy atom. The molecule has 6 nitrogen and oxygen atoms in total. The van der Waals surface area contributed by atoms with Gasteiger partial charge < -0.3 is 10.1 Å². The van der Waals surface area contributed by atoms with E-state index in [-0.39, 0.29) is 17.3 Å². The van der Waals surface area contributed by atoms with Gasteiger partial charge in [0, 0.05) is 24.4 Å². The summed E-state index contributed by atoms with van der Waals surface area (Å²) >= 11 is 0. The lowest BCUT2D eigenvalue weighted by atomic mass is 10.1. The summed E-state index contributed by atoms with van der Waals surface area (Å²) in [4.78, 5) is 10.2. The van der Waals surface area contributed by atoms with Crippen molar-refractivity contribution in [3.8, 4) is 6.07 Å². The maximum atomic E-state index is 10.8. The number of ether oxygens (including phenoxy) is 1. The standard InChI is InChI=1S/C12H15N3O3/c1-3-18-8-9(2)14-11-5-4-10(7-13)12(6-11)15(16)17/h4-6,9,14H,3,8H2,1-2H3. The first-order valence-electron chi connectivity index (χ1n) is 5.61. The minimum Gasteiger partial charge on any atom is -0.380 e. The van der Waals surface area contributed by atoms with Gasteiger partial charge >= 0.3 is 0 Å². The van der Waals surface area contributed by atoms with Crippen molar-refractivity contribution < 1.29 is 9.66 Å². The molecule has 1 rings (SSSR count). The Morgan fingerprint density at radius 3 is 2.89 bits per heavy atom. The van der Waals surface area contributed by atoms with Crippen LogP contribution in [0.15, 0.2) is 18.2 Å². The summed E-state index contributed by atoms with van der Waals surface area (Å²) in [6.07, 6.45) is 0. The van der Waals surface area contributed by atoms with Crippen molar-refractivity contribution >= 4 is 11.4 Å². The SMILES string of the molecule is CCOCC(C)Nc1ccc(C#N)c([N+](=O)[O-])c1. The Hall–Kier alpha value is -2.13. The van der Waals surface area contributed by atoms with Crippen LogP contribution in [0.4, 0.5) is 11.4 Å². The Bertz CT molecular complexity index is 468. The van der Waals surface area contributed by atoms with E-state index in [4.69, 9.17) is 10.00 Å². The topological polar surface area (TPSA) is 88.2 Å².